The predicted octanol–water partition coefficient (Wildman–Crippen LogP) is 4.97. The standard InChI is InChI=1S/C25H20F2N2O2/c1-15-7-12-21(16(2)13-15)28-23-22(17-8-10-19(26)11-9-17)24(30)29(25(23)31)14-18-5-3-4-6-20(18)27/h3-13,28H,14H2,1-2H3. The summed E-state index contributed by atoms with van der Waals surface area (Å²) >= 11 is 0. The van der Waals surface area contributed by atoms with Crippen LogP contribution < -0.4 is 5.32 Å². The highest BCUT2D eigenvalue weighted by atomic mass is 19.1. The van der Waals surface area contributed by atoms with Crippen molar-refractivity contribution in [3.8, 4) is 0 Å². The lowest BCUT2D eigenvalue weighted by Gasteiger charge is -2.16. The van der Waals surface area contributed by atoms with Crippen molar-refractivity contribution < 1.29 is 18.4 Å². The Morgan fingerprint density at radius 3 is 2.26 bits per heavy atom. The highest BCUT2D eigenvalue weighted by Gasteiger charge is 2.39. The van der Waals surface area contributed by atoms with E-state index in [0.29, 0.717) is 11.3 Å². The Kier molecular flexibility index (Phi) is 5.38. The molecule has 31 heavy (non-hydrogen) atoms. The number of anilines is 1. The fourth-order valence-corrected chi connectivity index (χ4v) is 3.61. The van der Waals surface area contributed by atoms with Crippen LogP contribution in [0.2, 0.25) is 0 Å². The first-order valence-corrected chi connectivity index (χ1v) is 9.79. The zero-order chi connectivity index (χ0) is 22.1. The smallest absolute Gasteiger partial charge is 0.278 e. The second-order valence-electron chi connectivity index (χ2n) is 7.49. The molecule has 4 nitrogen and oxygen atoms in total. The van der Waals surface area contributed by atoms with Gasteiger partial charge >= 0.3 is 0 Å². The summed E-state index contributed by atoms with van der Waals surface area (Å²) in [5, 5.41) is 3.09. The zero-order valence-electron chi connectivity index (χ0n) is 17.1. The number of amides is 2. The van der Waals surface area contributed by atoms with Crippen molar-refractivity contribution in [2.45, 2.75) is 20.4 Å². The van der Waals surface area contributed by atoms with E-state index in [-0.39, 0.29) is 23.4 Å². The second-order valence-corrected chi connectivity index (χ2v) is 7.49. The van der Waals surface area contributed by atoms with Crippen molar-refractivity contribution in [3.05, 3.63) is 106 Å². The van der Waals surface area contributed by atoms with E-state index in [0.717, 1.165) is 16.0 Å². The first kappa shape index (κ1) is 20.5. The van der Waals surface area contributed by atoms with Crippen LogP contribution in [0.1, 0.15) is 22.3 Å². The van der Waals surface area contributed by atoms with Gasteiger partial charge in [0, 0.05) is 11.3 Å². The van der Waals surface area contributed by atoms with E-state index in [1.54, 1.807) is 12.1 Å². The van der Waals surface area contributed by atoms with Gasteiger partial charge in [-0.3, -0.25) is 14.5 Å². The number of nitrogens with one attached hydrogen (secondary N) is 1. The molecule has 1 aliphatic heterocycles. The molecule has 1 heterocycles. The van der Waals surface area contributed by atoms with Crippen LogP contribution >= 0.6 is 0 Å². The van der Waals surface area contributed by atoms with E-state index in [1.165, 1.54) is 36.4 Å². The summed E-state index contributed by atoms with van der Waals surface area (Å²) in [6, 6.07) is 17.0. The zero-order valence-corrected chi connectivity index (χ0v) is 17.1. The van der Waals surface area contributed by atoms with Crippen LogP contribution in [0.5, 0.6) is 0 Å². The van der Waals surface area contributed by atoms with Crippen molar-refractivity contribution in [1.82, 2.24) is 4.90 Å². The summed E-state index contributed by atoms with van der Waals surface area (Å²) in [6.07, 6.45) is 0. The quantitative estimate of drug-likeness (QED) is 0.595. The van der Waals surface area contributed by atoms with Gasteiger partial charge in [-0.15, -0.1) is 0 Å². The van der Waals surface area contributed by atoms with Crippen LogP contribution in [0.4, 0.5) is 14.5 Å². The SMILES string of the molecule is Cc1ccc(NC2=C(c3ccc(F)cc3)C(=O)N(Cc3ccccc3F)C2=O)c(C)c1. The number of imide groups is 1. The number of benzene rings is 3. The molecule has 4 rings (SSSR count). The number of aryl methyl sites for hydroxylation is 2. The second kappa shape index (κ2) is 8.14. The van der Waals surface area contributed by atoms with Crippen molar-refractivity contribution in [3.63, 3.8) is 0 Å². The van der Waals surface area contributed by atoms with Crippen molar-refractivity contribution in [2.75, 3.05) is 5.32 Å². The van der Waals surface area contributed by atoms with E-state index in [2.05, 4.69) is 5.32 Å². The average molecular weight is 418 g/mol. The van der Waals surface area contributed by atoms with Crippen molar-refractivity contribution in [2.24, 2.45) is 0 Å². The number of rotatable bonds is 5. The largest absolute Gasteiger partial charge is 0.350 e. The summed E-state index contributed by atoms with van der Waals surface area (Å²) in [7, 11) is 0. The van der Waals surface area contributed by atoms with Gasteiger partial charge in [-0.2, -0.15) is 0 Å². The molecule has 0 atom stereocenters. The number of nitrogens with zero attached hydrogens (tertiary/aromatic N) is 1. The fourth-order valence-electron chi connectivity index (χ4n) is 3.61. The number of carbonyl (C=O) groups is 2. The highest BCUT2D eigenvalue weighted by molar-refractivity contribution is 6.36. The van der Waals surface area contributed by atoms with Crippen molar-refractivity contribution >= 4 is 23.1 Å². The minimum atomic E-state index is -0.563. The molecule has 0 aromatic heterocycles. The van der Waals surface area contributed by atoms with Crippen LogP contribution in [-0.2, 0) is 16.1 Å². The molecule has 0 unspecified atom stereocenters. The van der Waals surface area contributed by atoms with Crippen LogP contribution in [0.3, 0.4) is 0 Å². The Bertz CT molecular complexity index is 1220. The molecule has 3 aromatic carbocycles. The molecule has 0 radical (unpaired) electrons. The predicted molar refractivity (Wildman–Crippen MR) is 115 cm³/mol. The van der Waals surface area contributed by atoms with Crippen LogP contribution in [0.25, 0.3) is 5.57 Å². The van der Waals surface area contributed by atoms with Crippen LogP contribution in [0, 0.1) is 25.5 Å². The highest BCUT2D eigenvalue weighted by Crippen LogP contribution is 2.32. The third-order valence-electron chi connectivity index (χ3n) is 5.23. The first-order valence-electron chi connectivity index (χ1n) is 9.79. The van der Waals surface area contributed by atoms with Gasteiger partial charge in [-0.05, 0) is 49.2 Å². The molecule has 1 N–H and O–H groups in total. The van der Waals surface area contributed by atoms with Gasteiger partial charge in [0.25, 0.3) is 11.8 Å². The third-order valence-corrected chi connectivity index (χ3v) is 5.23. The van der Waals surface area contributed by atoms with Crippen LogP contribution in [-0.4, -0.2) is 16.7 Å². The van der Waals surface area contributed by atoms with Gasteiger partial charge in [0.05, 0.1) is 12.1 Å². The van der Waals surface area contributed by atoms with Gasteiger partial charge in [0.15, 0.2) is 0 Å². The molecule has 0 fully saturated rings. The Morgan fingerprint density at radius 2 is 1.58 bits per heavy atom. The minimum absolute atomic E-state index is 0.0832. The lowest BCUT2D eigenvalue weighted by molar-refractivity contribution is -0.137. The lowest BCUT2D eigenvalue weighted by Crippen LogP contribution is -2.32. The maximum Gasteiger partial charge on any atom is 0.278 e. The Balaban J connectivity index is 1.77. The number of hydrogen-bond acceptors (Lipinski definition) is 3. The summed E-state index contributed by atoms with van der Waals surface area (Å²) in [4.78, 5) is 27.5. The molecular weight excluding hydrogens is 398 g/mol. The molecule has 0 saturated carbocycles. The van der Waals surface area contributed by atoms with Gasteiger partial charge in [-0.25, -0.2) is 8.78 Å². The van der Waals surface area contributed by atoms with E-state index >= 15 is 0 Å². The molecule has 0 bridgehead atoms. The molecule has 2 amide bonds. The summed E-state index contributed by atoms with van der Waals surface area (Å²) < 4.78 is 27.6. The molecule has 0 spiro atoms. The summed E-state index contributed by atoms with van der Waals surface area (Å²) in [6.45, 7) is 3.65. The van der Waals surface area contributed by atoms with Gasteiger partial charge in [0.1, 0.15) is 17.3 Å². The Labute approximate surface area is 178 Å². The molecule has 156 valence electrons. The van der Waals surface area contributed by atoms with E-state index in [1.807, 2.05) is 32.0 Å². The van der Waals surface area contributed by atoms with Gasteiger partial charge < -0.3 is 5.32 Å². The molecule has 0 aliphatic carbocycles. The minimum Gasteiger partial charge on any atom is -0.350 e. The lowest BCUT2D eigenvalue weighted by atomic mass is 10.0. The third kappa shape index (κ3) is 3.97. The van der Waals surface area contributed by atoms with Crippen molar-refractivity contribution in [1.29, 1.82) is 0 Å². The number of halogens is 2. The Morgan fingerprint density at radius 1 is 0.871 bits per heavy atom. The maximum absolute atomic E-state index is 14.2. The summed E-state index contributed by atoms with van der Waals surface area (Å²) in [5.41, 5.74) is 3.48. The molecule has 1 aliphatic rings. The maximum atomic E-state index is 14.2. The van der Waals surface area contributed by atoms with E-state index < -0.39 is 23.4 Å². The van der Waals surface area contributed by atoms with Crippen LogP contribution in [0.15, 0.2) is 72.4 Å². The molecule has 6 heteroatoms. The topological polar surface area (TPSA) is 49.4 Å². The number of carbonyl (C=O) groups excluding carboxylic acids is 2. The fraction of sp³-hybridized carbons (Fsp3) is 0.120. The van der Waals surface area contributed by atoms with Gasteiger partial charge in [-0.1, -0.05) is 48.0 Å². The summed E-state index contributed by atoms with van der Waals surface area (Å²) in [5.74, 6) is -2.07. The number of hydrogen-bond donors (Lipinski definition) is 1. The Hall–Kier alpha value is -3.80. The van der Waals surface area contributed by atoms with E-state index in [4.69, 9.17) is 0 Å². The molecular formula is C25H20F2N2O2. The van der Waals surface area contributed by atoms with Gasteiger partial charge in [0.2, 0.25) is 0 Å². The molecule has 3 aromatic rings. The average Bonchev–Trinajstić information content (AvgIpc) is 2.96. The normalized spacial score (nSPS) is 13.9. The van der Waals surface area contributed by atoms with E-state index in [9.17, 15) is 18.4 Å². The monoisotopic (exact) mass is 418 g/mol. The first-order chi connectivity index (χ1) is 14.8. The molecule has 0 saturated heterocycles.